The molecular formula is C22H17ClF2N4O3S. The van der Waals surface area contributed by atoms with Crippen LogP contribution in [0.2, 0.25) is 5.02 Å². The maximum Gasteiger partial charge on any atom is 0.335 e. The predicted molar refractivity (Wildman–Crippen MR) is 126 cm³/mol. The summed E-state index contributed by atoms with van der Waals surface area (Å²) >= 11 is 7.28. The van der Waals surface area contributed by atoms with Crippen molar-refractivity contribution in [1.29, 1.82) is 5.26 Å². The maximum atomic E-state index is 14.0. The van der Waals surface area contributed by atoms with E-state index in [1.807, 2.05) is 6.07 Å². The molecule has 0 amide bonds. The van der Waals surface area contributed by atoms with Gasteiger partial charge in [0.2, 0.25) is 0 Å². The van der Waals surface area contributed by atoms with Crippen LogP contribution in [0.1, 0.15) is 13.3 Å². The number of aliphatic imine (C=N–C) groups is 1. The second kappa shape index (κ2) is 10.4. The van der Waals surface area contributed by atoms with Gasteiger partial charge in [0.25, 0.3) is 5.56 Å². The molecule has 11 heteroatoms. The third-order valence-corrected chi connectivity index (χ3v) is 6.04. The minimum atomic E-state index is -0.687. The number of ether oxygens (including phenoxy) is 1. The zero-order chi connectivity index (χ0) is 24.1. The van der Waals surface area contributed by atoms with Gasteiger partial charge >= 0.3 is 5.69 Å². The van der Waals surface area contributed by atoms with E-state index in [-0.39, 0.29) is 28.4 Å². The van der Waals surface area contributed by atoms with Crippen LogP contribution in [0.25, 0.3) is 26.9 Å². The average molecular weight is 491 g/mol. The molecule has 3 aromatic rings. The van der Waals surface area contributed by atoms with Crippen LogP contribution in [0, 0.1) is 17.1 Å². The molecule has 0 fully saturated rings. The second-order valence-electron chi connectivity index (χ2n) is 6.56. The summed E-state index contributed by atoms with van der Waals surface area (Å²) in [6.07, 6.45) is 4.40. The lowest BCUT2D eigenvalue weighted by atomic mass is 10.1. The van der Waals surface area contributed by atoms with Crippen LogP contribution in [0.3, 0.4) is 0 Å². The number of hydrogen-bond acceptors (Lipinski definition) is 6. The highest BCUT2D eigenvalue weighted by atomic mass is 35.5. The molecule has 0 unspecified atom stereocenters. The van der Waals surface area contributed by atoms with Crippen LogP contribution >= 0.6 is 22.9 Å². The number of methoxy groups -OCH3 is 1. The smallest absolute Gasteiger partial charge is 0.335 e. The molecule has 0 saturated carbocycles. The highest BCUT2D eigenvalue weighted by Gasteiger charge is 2.19. The Kier molecular flexibility index (Phi) is 7.58. The molecule has 0 aliphatic heterocycles. The number of nitriles is 1. The van der Waals surface area contributed by atoms with Crippen LogP contribution in [-0.2, 0) is 6.54 Å². The van der Waals surface area contributed by atoms with E-state index in [0.717, 1.165) is 40.6 Å². The number of benzene rings is 1. The Labute approximate surface area is 195 Å². The van der Waals surface area contributed by atoms with Gasteiger partial charge in [0.15, 0.2) is 11.6 Å². The Balaban J connectivity index is 2.24. The maximum absolute atomic E-state index is 14.0. The number of rotatable bonds is 7. The van der Waals surface area contributed by atoms with Gasteiger partial charge in [-0.05, 0) is 25.1 Å². The van der Waals surface area contributed by atoms with E-state index in [9.17, 15) is 18.4 Å². The molecular weight excluding hydrogens is 474 g/mol. The van der Waals surface area contributed by atoms with Gasteiger partial charge in [-0.3, -0.25) is 14.4 Å². The van der Waals surface area contributed by atoms with Gasteiger partial charge in [0.1, 0.15) is 10.5 Å². The van der Waals surface area contributed by atoms with E-state index in [1.165, 1.54) is 30.7 Å². The Hall–Kier alpha value is -3.55. The first-order valence-electron chi connectivity index (χ1n) is 9.53. The van der Waals surface area contributed by atoms with Crippen molar-refractivity contribution in [3.05, 3.63) is 68.0 Å². The lowest BCUT2D eigenvalue weighted by molar-refractivity contribution is 0.387. The fourth-order valence-corrected chi connectivity index (χ4v) is 4.41. The van der Waals surface area contributed by atoms with Crippen molar-refractivity contribution in [2.75, 3.05) is 7.11 Å². The molecule has 0 bridgehead atoms. The number of hydrogen-bond donors (Lipinski definition) is 0. The van der Waals surface area contributed by atoms with E-state index < -0.39 is 22.9 Å². The molecule has 0 atom stereocenters. The van der Waals surface area contributed by atoms with E-state index in [1.54, 1.807) is 6.07 Å². The average Bonchev–Trinajstić information content (AvgIpc) is 3.23. The van der Waals surface area contributed by atoms with Crippen molar-refractivity contribution in [1.82, 2.24) is 9.13 Å². The molecule has 7 nitrogen and oxygen atoms in total. The standard InChI is InChI=1S/C22H17ClF2N4O3S/c1-3-13(24)12-27-6-8-29-21(30)20-17(28(22(29)31)7-4-5-26)11-19(33-20)14-9-18(32-2)16(25)10-15(14)23/h3,6,8-12H,4,7H2,1-2H3/b8-6+,13-3-,27-12+. The van der Waals surface area contributed by atoms with Gasteiger partial charge in [-0.1, -0.05) is 17.7 Å². The summed E-state index contributed by atoms with van der Waals surface area (Å²) in [6.45, 7) is 1.53. The molecule has 1 aromatic carbocycles. The van der Waals surface area contributed by atoms with Gasteiger partial charge in [0.05, 0.1) is 36.4 Å². The van der Waals surface area contributed by atoms with E-state index in [0.29, 0.717) is 16.0 Å². The van der Waals surface area contributed by atoms with Crippen molar-refractivity contribution in [2.24, 2.45) is 4.99 Å². The summed E-state index contributed by atoms with van der Waals surface area (Å²) in [5, 5.41) is 9.10. The number of allylic oxidation sites excluding steroid dienone is 2. The van der Waals surface area contributed by atoms with Crippen molar-refractivity contribution in [2.45, 2.75) is 19.9 Å². The Bertz CT molecular complexity index is 1460. The lowest BCUT2D eigenvalue weighted by Gasteiger charge is -2.07. The molecule has 0 saturated heterocycles. The van der Waals surface area contributed by atoms with Crippen LogP contribution < -0.4 is 16.0 Å². The first-order valence-corrected chi connectivity index (χ1v) is 10.7. The normalized spacial score (nSPS) is 12.2. The van der Waals surface area contributed by atoms with E-state index >= 15 is 0 Å². The van der Waals surface area contributed by atoms with Crippen molar-refractivity contribution < 1.29 is 13.5 Å². The molecule has 2 heterocycles. The van der Waals surface area contributed by atoms with Crippen LogP contribution in [0.15, 0.2) is 50.9 Å². The highest BCUT2D eigenvalue weighted by molar-refractivity contribution is 7.22. The second-order valence-corrected chi connectivity index (χ2v) is 8.02. The molecule has 170 valence electrons. The monoisotopic (exact) mass is 490 g/mol. The Morgan fingerprint density at radius 2 is 2.12 bits per heavy atom. The predicted octanol–water partition coefficient (Wildman–Crippen LogP) is 4.98. The van der Waals surface area contributed by atoms with Crippen LogP contribution in [0.5, 0.6) is 5.75 Å². The summed E-state index contributed by atoms with van der Waals surface area (Å²) in [5.41, 5.74) is -0.577. The Morgan fingerprint density at radius 3 is 2.79 bits per heavy atom. The minimum absolute atomic E-state index is 0.0257. The lowest BCUT2D eigenvalue weighted by Crippen LogP contribution is -2.36. The fraction of sp³-hybridized carbons (Fsp3) is 0.182. The molecule has 0 spiro atoms. The summed E-state index contributed by atoms with van der Waals surface area (Å²) in [5.74, 6) is -1.25. The van der Waals surface area contributed by atoms with Gasteiger partial charge in [-0.25, -0.2) is 18.1 Å². The molecule has 2 aromatic heterocycles. The zero-order valence-electron chi connectivity index (χ0n) is 17.5. The van der Waals surface area contributed by atoms with Gasteiger partial charge in [-0.2, -0.15) is 5.26 Å². The quantitative estimate of drug-likeness (QED) is 0.437. The Morgan fingerprint density at radius 1 is 1.36 bits per heavy atom. The summed E-state index contributed by atoms with van der Waals surface area (Å²) < 4.78 is 34.5. The van der Waals surface area contributed by atoms with Crippen molar-refractivity contribution >= 4 is 45.6 Å². The number of thiophene rings is 1. The van der Waals surface area contributed by atoms with Gasteiger partial charge in [0, 0.05) is 29.4 Å². The zero-order valence-corrected chi connectivity index (χ0v) is 19.1. The topological polar surface area (TPSA) is 89.4 Å². The van der Waals surface area contributed by atoms with Gasteiger partial charge in [-0.15, -0.1) is 11.3 Å². The SMILES string of the molecule is C/C=C(F)/C=N/C=C/n1c(=O)c2sc(-c3cc(OC)c(F)cc3Cl)cc2n(CCC#N)c1=O. The third-order valence-electron chi connectivity index (χ3n) is 4.58. The first kappa shape index (κ1) is 24.1. The molecule has 33 heavy (non-hydrogen) atoms. The molecule has 0 radical (unpaired) electrons. The molecule has 0 aliphatic rings. The molecule has 3 rings (SSSR count). The first-order chi connectivity index (χ1) is 15.8. The van der Waals surface area contributed by atoms with Crippen molar-refractivity contribution in [3.63, 3.8) is 0 Å². The summed E-state index contributed by atoms with van der Waals surface area (Å²) in [4.78, 5) is 30.3. The number of aryl methyl sites for hydroxylation is 1. The summed E-state index contributed by atoms with van der Waals surface area (Å²) in [6, 6.07) is 6.07. The molecule has 0 aliphatic carbocycles. The summed E-state index contributed by atoms with van der Waals surface area (Å²) in [7, 11) is 1.32. The number of fused-ring (bicyclic) bond motifs is 1. The van der Waals surface area contributed by atoms with Gasteiger partial charge < -0.3 is 4.74 Å². The van der Waals surface area contributed by atoms with Crippen LogP contribution in [-0.4, -0.2) is 22.5 Å². The number of aromatic nitrogens is 2. The van der Waals surface area contributed by atoms with Crippen molar-refractivity contribution in [3.8, 4) is 22.3 Å². The van der Waals surface area contributed by atoms with E-state index in [2.05, 4.69) is 4.99 Å². The third kappa shape index (κ3) is 4.94. The van der Waals surface area contributed by atoms with E-state index in [4.69, 9.17) is 21.6 Å². The van der Waals surface area contributed by atoms with Crippen LogP contribution in [0.4, 0.5) is 8.78 Å². The highest BCUT2D eigenvalue weighted by Crippen LogP contribution is 2.38. The minimum Gasteiger partial charge on any atom is -0.494 e. The number of halogens is 3. The largest absolute Gasteiger partial charge is 0.494 e. The fourth-order valence-electron chi connectivity index (χ4n) is 2.97. The molecule has 0 N–H and O–H groups in total. The number of nitrogens with zero attached hydrogens (tertiary/aromatic N) is 4.